The highest BCUT2D eigenvalue weighted by Gasteiger charge is 2.49. The number of Topliss-reactive ketones (excluding diaryl/α,β-unsaturated/α-hetero) is 1. The lowest BCUT2D eigenvalue weighted by Gasteiger charge is -2.53. The van der Waals surface area contributed by atoms with Crippen LogP contribution in [0.4, 0.5) is 0 Å². The monoisotopic (exact) mass is 374 g/mol. The average Bonchev–Trinajstić information content (AvgIpc) is 2.66. The van der Waals surface area contributed by atoms with Crippen molar-refractivity contribution in [3.05, 3.63) is 0 Å². The molecule has 0 aromatic heterocycles. The lowest BCUT2D eigenvalue weighted by atomic mass is 9.53. The fourth-order valence-electron chi connectivity index (χ4n) is 6.66. The molecule has 2 saturated heterocycles. The summed E-state index contributed by atoms with van der Waals surface area (Å²) >= 11 is 0. The molecule has 0 N–H and O–H groups in total. The molecule has 2 aliphatic carbocycles. The molecule has 0 unspecified atom stereocenters. The third-order valence-electron chi connectivity index (χ3n) is 8.70. The fraction of sp³-hybridized carbons (Fsp3) is 0.958. The van der Waals surface area contributed by atoms with Crippen LogP contribution in [0.15, 0.2) is 0 Å². The quantitative estimate of drug-likeness (QED) is 0.710. The van der Waals surface area contributed by atoms with E-state index in [9.17, 15) is 4.79 Å². The van der Waals surface area contributed by atoms with Gasteiger partial charge in [-0.05, 0) is 102 Å². The third-order valence-corrected chi connectivity index (χ3v) is 8.70. The van der Waals surface area contributed by atoms with Crippen molar-refractivity contribution in [2.45, 2.75) is 97.1 Å². The summed E-state index contributed by atoms with van der Waals surface area (Å²) in [5, 5.41) is 0. The Labute approximate surface area is 167 Å². The van der Waals surface area contributed by atoms with Crippen LogP contribution in [0.2, 0.25) is 0 Å². The Morgan fingerprint density at radius 2 is 1.30 bits per heavy atom. The molecule has 1 spiro atoms. The van der Waals surface area contributed by atoms with Gasteiger partial charge in [-0.2, -0.15) is 0 Å². The van der Waals surface area contributed by atoms with Gasteiger partial charge < -0.3 is 9.80 Å². The van der Waals surface area contributed by atoms with E-state index in [1.54, 1.807) is 0 Å². The van der Waals surface area contributed by atoms with Crippen LogP contribution in [-0.2, 0) is 4.79 Å². The molecule has 3 heteroatoms. The summed E-state index contributed by atoms with van der Waals surface area (Å²) < 4.78 is 0. The van der Waals surface area contributed by atoms with Crippen molar-refractivity contribution < 1.29 is 4.79 Å². The lowest BCUT2D eigenvalue weighted by molar-refractivity contribution is -0.135. The van der Waals surface area contributed by atoms with E-state index in [1.165, 1.54) is 90.4 Å². The van der Waals surface area contributed by atoms with E-state index in [4.69, 9.17) is 0 Å². The summed E-state index contributed by atoms with van der Waals surface area (Å²) in [6, 6.07) is 1.69. The minimum atomic E-state index is 0.230. The van der Waals surface area contributed by atoms with E-state index in [0.29, 0.717) is 17.1 Å². The first-order valence-corrected chi connectivity index (χ1v) is 12.0. The predicted molar refractivity (Wildman–Crippen MR) is 112 cm³/mol. The van der Waals surface area contributed by atoms with Gasteiger partial charge in [0.25, 0.3) is 0 Å². The third kappa shape index (κ3) is 4.29. The van der Waals surface area contributed by atoms with Crippen molar-refractivity contribution in [2.24, 2.45) is 23.2 Å². The lowest BCUT2D eigenvalue weighted by Crippen LogP contribution is -2.52. The van der Waals surface area contributed by atoms with Gasteiger partial charge in [-0.1, -0.05) is 20.8 Å². The van der Waals surface area contributed by atoms with Crippen molar-refractivity contribution in [1.29, 1.82) is 0 Å². The van der Waals surface area contributed by atoms with Crippen LogP contribution in [0, 0.1) is 23.2 Å². The normalized spacial score (nSPS) is 37.6. The van der Waals surface area contributed by atoms with E-state index < -0.39 is 0 Å². The van der Waals surface area contributed by atoms with Gasteiger partial charge in [0.2, 0.25) is 0 Å². The molecule has 2 aliphatic heterocycles. The number of rotatable bonds is 4. The molecule has 27 heavy (non-hydrogen) atoms. The largest absolute Gasteiger partial charge is 0.300 e. The summed E-state index contributed by atoms with van der Waals surface area (Å²) in [6.07, 6.45) is 13.5. The SMILES string of the molecule is CC1CCN(C2CCN(C3CCC4(CC3)CC(C(=O)C(C)C)C4)CC2)CC1. The van der Waals surface area contributed by atoms with Crippen LogP contribution in [0.5, 0.6) is 0 Å². The number of nitrogens with zero attached hydrogens (tertiary/aromatic N) is 2. The summed E-state index contributed by atoms with van der Waals surface area (Å²) in [5.41, 5.74) is 0.550. The first kappa shape index (κ1) is 19.9. The molecular formula is C24H42N2O. The molecule has 4 fully saturated rings. The second kappa shape index (κ2) is 8.14. The van der Waals surface area contributed by atoms with Gasteiger partial charge in [0.05, 0.1) is 0 Å². The van der Waals surface area contributed by atoms with Gasteiger partial charge >= 0.3 is 0 Å². The van der Waals surface area contributed by atoms with Crippen molar-refractivity contribution in [3.63, 3.8) is 0 Å². The Morgan fingerprint density at radius 1 is 0.815 bits per heavy atom. The highest BCUT2D eigenvalue weighted by Crippen LogP contribution is 2.56. The van der Waals surface area contributed by atoms with E-state index in [0.717, 1.165) is 18.0 Å². The maximum absolute atomic E-state index is 12.2. The van der Waals surface area contributed by atoms with Crippen LogP contribution in [0.1, 0.15) is 85.0 Å². The Hall–Kier alpha value is -0.410. The van der Waals surface area contributed by atoms with Gasteiger partial charge in [-0.25, -0.2) is 0 Å². The van der Waals surface area contributed by atoms with Crippen LogP contribution in [0.3, 0.4) is 0 Å². The van der Waals surface area contributed by atoms with Crippen LogP contribution in [0.25, 0.3) is 0 Å². The van der Waals surface area contributed by atoms with Crippen molar-refractivity contribution in [1.82, 2.24) is 9.80 Å². The van der Waals surface area contributed by atoms with Gasteiger partial charge in [-0.15, -0.1) is 0 Å². The molecule has 0 aromatic rings. The van der Waals surface area contributed by atoms with Crippen LogP contribution < -0.4 is 0 Å². The molecule has 154 valence electrons. The zero-order chi connectivity index (χ0) is 19.0. The number of piperidine rings is 2. The standard InChI is InChI=1S/C24H42N2O/c1-18(2)23(27)20-16-24(17-20)10-4-21(5-11-24)26-14-8-22(9-15-26)25-12-6-19(3)7-13-25/h18-22H,4-17H2,1-3H3. The highest BCUT2D eigenvalue weighted by atomic mass is 16.1. The first-order valence-electron chi connectivity index (χ1n) is 12.0. The number of hydrogen-bond acceptors (Lipinski definition) is 3. The van der Waals surface area contributed by atoms with Gasteiger partial charge in [0.15, 0.2) is 0 Å². The molecular weight excluding hydrogens is 332 g/mol. The summed E-state index contributed by atoms with van der Waals surface area (Å²) in [5.74, 6) is 2.09. The highest BCUT2D eigenvalue weighted by molar-refractivity contribution is 5.83. The molecule has 2 saturated carbocycles. The molecule has 0 radical (unpaired) electrons. The summed E-state index contributed by atoms with van der Waals surface area (Å²) in [6.45, 7) is 11.9. The number of ketones is 1. The second-order valence-corrected chi connectivity index (χ2v) is 10.9. The molecule has 2 heterocycles. The summed E-state index contributed by atoms with van der Waals surface area (Å²) in [7, 11) is 0. The maximum atomic E-state index is 12.2. The van der Waals surface area contributed by atoms with E-state index >= 15 is 0 Å². The van der Waals surface area contributed by atoms with Crippen LogP contribution in [-0.4, -0.2) is 53.8 Å². The average molecular weight is 375 g/mol. The Kier molecular flexibility index (Phi) is 6.00. The van der Waals surface area contributed by atoms with E-state index in [1.807, 2.05) is 0 Å². The topological polar surface area (TPSA) is 23.6 Å². The van der Waals surface area contributed by atoms with E-state index in [2.05, 4.69) is 30.6 Å². The van der Waals surface area contributed by atoms with Gasteiger partial charge in [0.1, 0.15) is 5.78 Å². The molecule has 0 atom stereocenters. The van der Waals surface area contributed by atoms with Crippen molar-refractivity contribution in [2.75, 3.05) is 26.2 Å². The second-order valence-electron chi connectivity index (χ2n) is 10.9. The Bertz CT molecular complexity index is 498. The van der Waals surface area contributed by atoms with Gasteiger partial charge in [-0.3, -0.25) is 4.79 Å². The van der Waals surface area contributed by atoms with E-state index in [-0.39, 0.29) is 5.92 Å². The zero-order valence-corrected chi connectivity index (χ0v) is 18.1. The van der Waals surface area contributed by atoms with Crippen LogP contribution >= 0.6 is 0 Å². The molecule has 0 bridgehead atoms. The summed E-state index contributed by atoms with van der Waals surface area (Å²) in [4.78, 5) is 17.9. The number of hydrogen-bond donors (Lipinski definition) is 0. The minimum absolute atomic E-state index is 0.230. The number of carbonyl (C=O) groups is 1. The smallest absolute Gasteiger partial charge is 0.138 e. The number of likely N-dealkylation sites (tertiary alicyclic amines) is 2. The first-order chi connectivity index (χ1) is 13.0. The zero-order valence-electron chi connectivity index (χ0n) is 18.1. The molecule has 4 aliphatic rings. The van der Waals surface area contributed by atoms with Gasteiger partial charge in [0, 0.05) is 23.9 Å². The Morgan fingerprint density at radius 3 is 1.81 bits per heavy atom. The molecule has 0 amide bonds. The molecule has 0 aromatic carbocycles. The fourth-order valence-corrected chi connectivity index (χ4v) is 6.66. The minimum Gasteiger partial charge on any atom is -0.300 e. The van der Waals surface area contributed by atoms with Crippen molar-refractivity contribution >= 4 is 5.78 Å². The Balaban J connectivity index is 1.19. The molecule has 4 rings (SSSR count). The van der Waals surface area contributed by atoms with Crippen molar-refractivity contribution in [3.8, 4) is 0 Å². The number of carbonyl (C=O) groups excluding carboxylic acids is 1. The predicted octanol–water partition coefficient (Wildman–Crippen LogP) is 4.75. The maximum Gasteiger partial charge on any atom is 0.138 e. The molecule has 3 nitrogen and oxygen atoms in total.